The summed E-state index contributed by atoms with van der Waals surface area (Å²) in [6.45, 7) is 4.57. The van der Waals surface area contributed by atoms with Crippen molar-refractivity contribution in [3.63, 3.8) is 0 Å². The molecule has 138 valence electrons. The van der Waals surface area contributed by atoms with Crippen molar-refractivity contribution in [3.8, 4) is 5.95 Å². The topological polar surface area (TPSA) is 54.7 Å². The van der Waals surface area contributed by atoms with Gasteiger partial charge >= 0.3 is 0 Å². The molecule has 3 aliphatic heterocycles. The molecule has 2 unspecified atom stereocenters. The molecule has 4 heterocycles. The third-order valence-electron chi connectivity index (χ3n) is 5.57. The van der Waals surface area contributed by atoms with Crippen LogP contribution in [0.15, 0.2) is 50.8 Å². The van der Waals surface area contributed by atoms with E-state index in [2.05, 4.69) is 17.1 Å². The van der Waals surface area contributed by atoms with Crippen molar-refractivity contribution in [1.29, 1.82) is 0 Å². The van der Waals surface area contributed by atoms with Crippen LogP contribution in [0, 0.1) is 5.92 Å². The number of benzene rings is 1. The minimum Gasteiger partial charge on any atom is -0.468 e. The zero-order chi connectivity index (χ0) is 18.1. The molecule has 3 fully saturated rings. The van der Waals surface area contributed by atoms with Crippen molar-refractivity contribution >= 4 is 17.7 Å². The van der Waals surface area contributed by atoms with Gasteiger partial charge in [-0.3, -0.25) is 9.69 Å². The van der Waals surface area contributed by atoms with E-state index in [1.807, 2.05) is 30.3 Å². The minimum absolute atomic E-state index is 0.0202. The first-order valence-electron chi connectivity index (χ1n) is 9.10. The maximum Gasteiger partial charge on any atom is 0.285 e. The summed E-state index contributed by atoms with van der Waals surface area (Å²) in [5.74, 6) is 1.13. The van der Waals surface area contributed by atoms with Crippen LogP contribution in [0.2, 0.25) is 0 Å². The SMILES string of the molecule is COc1ccc(Sc2ccc(C(=O)NC3C4CCN(CC4)C3C)cc2)o1. The van der Waals surface area contributed by atoms with Crippen LogP contribution < -0.4 is 10.1 Å². The molecule has 1 aromatic carbocycles. The molecule has 2 bridgehead atoms. The maximum absolute atomic E-state index is 12.7. The van der Waals surface area contributed by atoms with Crippen molar-refractivity contribution in [2.45, 2.75) is 41.8 Å². The van der Waals surface area contributed by atoms with Crippen LogP contribution >= 0.6 is 11.8 Å². The lowest BCUT2D eigenvalue weighted by Crippen LogP contribution is -2.62. The molecule has 2 atom stereocenters. The smallest absolute Gasteiger partial charge is 0.285 e. The lowest BCUT2D eigenvalue weighted by Gasteiger charge is -2.49. The van der Waals surface area contributed by atoms with Gasteiger partial charge in [0.2, 0.25) is 0 Å². The quantitative estimate of drug-likeness (QED) is 0.868. The predicted molar refractivity (Wildman–Crippen MR) is 101 cm³/mol. The Morgan fingerprint density at radius 3 is 2.54 bits per heavy atom. The van der Waals surface area contributed by atoms with Gasteiger partial charge in [0.1, 0.15) is 0 Å². The van der Waals surface area contributed by atoms with Crippen LogP contribution in [0.3, 0.4) is 0 Å². The third kappa shape index (κ3) is 3.48. The zero-order valence-electron chi connectivity index (χ0n) is 15.1. The van der Waals surface area contributed by atoms with Crippen LogP contribution in [0.5, 0.6) is 5.95 Å². The highest BCUT2D eigenvalue weighted by molar-refractivity contribution is 7.99. The summed E-state index contributed by atoms with van der Waals surface area (Å²) in [7, 11) is 1.58. The average molecular weight is 372 g/mol. The molecule has 3 aliphatic rings. The van der Waals surface area contributed by atoms with Gasteiger partial charge in [-0.25, -0.2) is 0 Å². The lowest BCUT2D eigenvalue weighted by molar-refractivity contribution is 0.0217. The third-order valence-corrected chi connectivity index (χ3v) is 6.50. The highest BCUT2D eigenvalue weighted by atomic mass is 32.2. The van der Waals surface area contributed by atoms with Gasteiger partial charge in [0.15, 0.2) is 5.09 Å². The zero-order valence-corrected chi connectivity index (χ0v) is 15.9. The van der Waals surface area contributed by atoms with Crippen LogP contribution in [-0.2, 0) is 0 Å². The number of carbonyl (C=O) groups excluding carboxylic acids is 1. The monoisotopic (exact) mass is 372 g/mol. The van der Waals surface area contributed by atoms with E-state index in [1.54, 1.807) is 13.2 Å². The van der Waals surface area contributed by atoms with Crippen LogP contribution in [-0.4, -0.2) is 43.1 Å². The highest BCUT2D eigenvalue weighted by Gasteiger charge is 2.40. The van der Waals surface area contributed by atoms with Crippen molar-refractivity contribution in [3.05, 3.63) is 42.0 Å². The Kier molecular flexibility index (Phi) is 4.96. The number of carbonyl (C=O) groups is 1. The molecule has 5 rings (SSSR count). The summed E-state index contributed by atoms with van der Waals surface area (Å²) in [6.07, 6.45) is 2.38. The number of fused-ring (bicyclic) bond motifs is 3. The molecule has 1 amide bonds. The molecule has 26 heavy (non-hydrogen) atoms. The molecule has 0 aliphatic carbocycles. The van der Waals surface area contributed by atoms with E-state index in [-0.39, 0.29) is 11.9 Å². The summed E-state index contributed by atoms with van der Waals surface area (Å²) >= 11 is 1.51. The van der Waals surface area contributed by atoms with Crippen molar-refractivity contribution in [2.75, 3.05) is 20.2 Å². The van der Waals surface area contributed by atoms with Crippen LogP contribution in [0.25, 0.3) is 0 Å². The van der Waals surface area contributed by atoms with Gasteiger partial charge in [0.25, 0.3) is 11.9 Å². The fourth-order valence-electron chi connectivity index (χ4n) is 4.04. The van der Waals surface area contributed by atoms with Gasteiger partial charge in [-0.05, 0) is 69.1 Å². The summed E-state index contributed by atoms with van der Waals surface area (Å²) in [4.78, 5) is 16.2. The van der Waals surface area contributed by atoms with Gasteiger partial charge in [-0.2, -0.15) is 0 Å². The summed E-state index contributed by atoms with van der Waals surface area (Å²) in [6, 6.07) is 12.0. The minimum atomic E-state index is 0.0202. The molecule has 0 spiro atoms. The number of nitrogens with zero attached hydrogens (tertiary/aromatic N) is 1. The highest BCUT2D eigenvalue weighted by Crippen LogP contribution is 2.33. The van der Waals surface area contributed by atoms with Crippen molar-refractivity contribution in [1.82, 2.24) is 10.2 Å². The molecule has 1 N–H and O–H groups in total. The largest absolute Gasteiger partial charge is 0.468 e. The number of amides is 1. The van der Waals surface area contributed by atoms with E-state index < -0.39 is 0 Å². The first-order valence-corrected chi connectivity index (χ1v) is 9.92. The van der Waals surface area contributed by atoms with E-state index in [1.165, 1.54) is 37.7 Å². The number of rotatable bonds is 5. The Morgan fingerprint density at radius 1 is 1.19 bits per heavy atom. The van der Waals surface area contributed by atoms with E-state index >= 15 is 0 Å². The number of furan rings is 1. The summed E-state index contributed by atoms with van der Waals surface area (Å²) in [5.41, 5.74) is 0.704. The Morgan fingerprint density at radius 2 is 1.92 bits per heavy atom. The fourth-order valence-corrected chi connectivity index (χ4v) is 4.80. The molecule has 5 nitrogen and oxygen atoms in total. The molecule has 2 aromatic rings. The van der Waals surface area contributed by atoms with E-state index in [4.69, 9.17) is 9.15 Å². The van der Waals surface area contributed by atoms with E-state index in [9.17, 15) is 4.79 Å². The van der Waals surface area contributed by atoms with Gasteiger partial charge in [0.05, 0.1) is 7.11 Å². The predicted octanol–water partition coefficient (Wildman–Crippen LogP) is 3.65. The molecular formula is C20H24N2O3S. The Balaban J connectivity index is 1.39. The number of nitrogens with one attached hydrogen (secondary N) is 1. The number of ether oxygens (including phenoxy) is 1. The van der Waals surface area contributed by atoms with Crippen LogP contribution in [0.1, 0.15) is 30.1 Å². The summed E-state index contributed by atoms with van der Waals surface area (Å²) in [5, 5.41) is 4.04. The Hall–Kier alpha value is -1.92. The molecule has 3 saturated heterocycles. The Labute approximate surface area is 158 Å². The van der Waals surface area contributed by atoms with Gasteiger partial charge in [-0.1, -0.05) is 11.8 Å². The van der Waals surface area contributed by atoms with Gasteiger partial charge in [-0.15, -0.1) is 0 Å². The Bertz CT molecular complexity index is 764. The molecule has 1 aromatic heterocycles. The van der Waals surface area contributed by atoms with E-state index in [0.717, 1.165) is 9.99 Å². The second kappa shape index (κ2) is 7.37. The lowest BCUT2D eigenvalue weighted by atomic mass is 9.79. The van der Waals surface area contributed by atoms with Crippen LogP contribution in [0.4, 0.5) is 0 Å². The molecular weight excluding hydrogens is 348 g/mol. The molecule has 0 saturated carbocycles. The standard InChI is InChI=1S/C20H24N2O3S/c1-13-19(14-9-11-22(13)12-10-14)21-20(23)15-3-5-16(6-4-15)26-18-8-7-17(24-2)25-18/h3-8,13-14,19H,9-12H2,1-2H3,(H,21,23). The van der Waals surface area contributed by atoms with E-state index in [0.29, 0.717) is 23.5 Å². The van der Waals surface area contributed by atoms with Crippen molar-refractivity contribution in [2.24, 2.45) is 5.92 Å². The first kappa shape index (κ1) is 17.5. The maximum atomic E-state index is 12.7. The molecule has 6 heteroatoms. The molecule has 0 radical (unpaired) electrons. The fraction of sp³-hybridized carbons (Fsp3) is 0.450. The summed E-state index contributed by atoms with van der Waals surface area (Å²) < 4.78 is 10.6. The number of hydrogen-bond donors (Lipinski definition) is 1. The van der Waals surface area contributed by atoms with Gasteiger partial charge < -0.3 is 14.5 Å². The number of piperidine rings is 3. The average Bonchev–Trinajstić information content (AvgIpc) is 3.13. The van der Waals surface area contributed by atoms with Crippen molar-refractivity contribution < 1.29 is 13.9 Å². The number of methoxy groups -OCH3 is 1. The normalized spacial score (nSPS) is 27.3. The first-order chi connectivity index (χ1) is 12.6. The van der Waals surface area contributed by atoms with Gasteiger partial charge in [0, 0.05) is 28.6 Å². The second-order valence-electron chi connectivity index (χ2n) is 7.02. The second-order valence-corrected chi connectivity index (χ2v) is 8.10. The number of hydrogen-bond acceptors (Lipinski definition) is 5.